The highest BCUT2D eigenvalue weighted by Crippen LogP contribution is 2.25. The summed E-state index contributed by atoms with van der Waals surface area (Å²) in [4.78, 5) is 4.35. The largest absolute Gasteiger partial charge is 0.443 e. The van der Waals surface area contributed by atoms with E-state index in [0.717, 1.165) is 16.7 Å². The standard InChI is InChI=1S/C16H16N2O3S/c1-10-6-11(2)16(12(3)7-10)22(19,20)18-13-4-5-15-14(8-13)17-9-21-15/h4-9,18H,1-3H3. The number of sulfonamides is 1. The Hall–Kier alpha value is -2.34. The lowest BCUT2D eigenvalue weighted by molar-refractivity contribution is 0.599. The normalized spacial score (nSPS) is 11.8. The lowest BCUT2D eigenvalue weighted by Crippen LogP contribution is -2.15. The summed E-state index contributed by atoms with van der Waals surface area (Å²) >= 11 is 0. The summed E-state index contributed by atoms with van der Waals surface area (Å²) in [6.45, 7) is 5.55. The Morgan fingerprint density at radius 2 is 1.73 bits per heavy atom. The predicted molar refractivity (Wildman–Crippen MR) is 85.5 cm³/mol. The van der Waals surface area contributed by atoms with Gasteiger partial charge in [0.2, 0.25) is 0 Å². The highest BCUT2D eigenvalue weighted by molar-refractivity contribution is 7.92. The van der Waals surface area contributed by atoms with Crippen LogP contribution < -0.4 is 4.72 Å². The zero-order chi connectivity index (χ0) is 15.9. The van der Waals surface area contributed by atoms with Crippen molar-refractivity contribution >= 4 is 26.8 Å². The van der Waals surface area contributed by atoms with Crippen molar-refractivity contribution < 1.29 is 12.8 Å². The molecule has 2 aromatic carbocycles. The van der Waals surface area contributed by atoms with Crippen molar-refractivity contribution in [2.24, 2.45) is 0 Å². The number of hydrogen-bond acceptors (Lipinski definition) is 4. The molecule has 0 saturated carbocycles. The molecule has 0 spiro atoms. The number of aryl methyl sites for hydroxylation is 3. The minimum atomic E-state index is -3.65. The maximum absolute atomic E-state index is 12.7. The van der Waals surface area contributed by atoms with Gasteiger partial charge in [-0.25, -0.2) is 13.4 Å². The molecule has 0 saturated heterocycles. The third-order valence-electron chi connectivity index (χ3n) is 3.46. The van der Waals surface area contributed by atoms with Crippen molar-refractivity contribution in [3.63, 3.8) is 0 Å². The second kappa shape index (κ2) is 5.14. The topological polar surface area (TPSA) is 72.2 Å². The lowest BCUT2D eigenvalue weighted by Gasteiger charge is -2.13. The first-order valence-electron chi connectivity index (χ1n) is 6.81. The Labute approximate surface area is 129 Å². The third-order valence-corrected chi connectivity index (χ3v) is 5.14. The van der Waals surface area contributed by atoms with E-state index in [0.29, 0.717) is 21.7 Å². The van der Waals surface area contributed by atoms with Crippen LogP contribution in [0.2, 0.25) is 0 Å². The molecule has 0 atom stereocenters. The quantitative estimate of drug-likeness (QED) is 0.802. The zero-order valence-corrected chi connectivity index (χ0v) is 13.4. The molecular weight excluding hydrogens is 300 g/mol. The smallest absolute Gasteiger partial charge is 0.262 e. The van der Waals surface area contributed by atoms with Crippen LogP contribution in [0.4, 0.5) is 5.69 Å². The van der Waals surface area contributed by atoms with Crippen LogP contribution in [0.15, 0.2) is 46.0 Å². The average molecular weight is 316 g/mol. The number of oxazole rings is 1. The van der Waals surface area contributed by atoms with Gasteiger partial charge >= 0.3 is 0 Å². The molecule has 1 aromatic heterocycles. The molecule has 1 heterocycles. The van der Waals surface area contributed by atoms with Crippen molar-refractivity contribution in [3.8, 4) is 0 Å². The van der Waals surface area contributed by atoms with E-state index in [2.05, 4.69) is 9.71 Å². The fourth-order valence-electron chi connectivity index (χ4n) is 2.72. The summed E-state index contributed by atoms with van der Waals surface area (Å²) in [5.41, 5.74) is 4.18. The average Bonchev–Trinajstić information content (AvgIpc) is 2.83. The molecule has 0 radical (unpaired) electrons. The summed E-state index contributed by atoms with van der Waals surface area (Å²) < 4.78 is 33.1. The van der Waals surface area contributed by atoms with E-state index in [-0.39, 0.29) is 0 Å². The molecule has 0 amide bonds. The van der Waals surface area contributed by atoms with Gasteiger partial charge in [0.05, 0.1) is 10.6 Å². The highest BCUT2D eigenvalue weighted by Gasteiger charge is 2.20. The Morgan fingerprint density at radius 1 is 1.05 bits per heavy atom. The molecule has 6 heteroatoms. The monoisotopic (exact) mass is 316 g/mol. The van der Waals surface area contributed by atoms with Gasteiger partial charge in [0.1, 0.15) is 5.52 Å². The molecule has 3 rings (SSSR count). The number of nitrogens with zero attached hydrogens (tertiary/aromatic N) is 1. The Kier molecular flexibility index (Phi) is 3.41. The fourth-order valence-corrected chi connectivity index (χ4v) is 4.22. The lowest BCUT2D eigenvalue weighted by atomic mass is 10.1. The third kappa shape index (κ3) is 2.57. The fraction of sp³-hybridized carbons (Fsp3) is 0.188. The van der Waals surface area contributed by atoms with Gasteiger partial charge in [0.15, 0.2) is 12.0 Å². The minimum absolute atomic E-state index is 0.318. The molecule has 1 N–H and O–H groups in total. The van der Waals surface area contributed by atoms with E-state index >= 15 is 0 Å². The van der Waals surface area contributed by atoms with E-state index in [4.69, 9.17) is 4.42 Å². The van der Waals surface area contributed by atoms with E-state index in [1.165, 1.54) is 6.39 Å². The number of benzene rings is 2. The van der Waals surface area contributed by atoms with Crippen LogP contribution in [0.5, 0.6) is 0 Å². The first-order valence-corrected chi connectivity index (χ1v) is 8.29. The Balaban J connectivity index is 2.03. The Morgan fingerprint density at radius 3 is 2.41 bits per heavy atom. The van der Waals surface area contributed by atoms with Gasteiger partial charge in [-0.2, -0.15) is 0 Å². The highest BCUT2D eigenvalue weighted by atomic mass is 32.2. The van der Waals surface area contributed by atoms with Crippen LogP contribution in [0, 0.1) is 20.8 Å². The van der Waals surface area contributed by atoms with E-state index in [9.17, 15) is 8.42 Å². The van der Waals surface area contributed by atoms with Crippen molar-refractivity contribution in [2.75, 3.05) is 4.72 Å². The molecule has 0 bridgehead atoms. The van der Waals surface area contributed by atoms with Crippen LogP contribution in [0.3, 0.4) is 0 Å². The van der Waals surface area contributed by atoms with Crippen molar-refractivity contribution in [3.05, 3.63) is 53.4 Å². The maximum Gasteiger partial charge on any atom is 0.262 e. The first-order chi connectivity index (χ1) is 10.4. The molecule has 5 nitrogen and oxygen atoms in total. The molecule has 0 aliphatic heterocycles. The van der Waals surface area contributed by atoms with Crippen LogP contribution in [-0.2, 0) is 10.0 Å². The van der Waals surface area contributed by atoms with Gasteiger partial charge in [-0.15, -0.1) is 0 Å². The molecule has 22 heavy (non-hydrogen) atoms. The zero-order valence-electron chi connectivity index (χ0n) is 12.5. The molecule has 0 aliphatic rings. The van der Waals surface area contributed by atoms with Gasteiger partial charge in [-0.1, -0.05) is 17.7 Å². The van der Waals surface area contributed by atoms with Crippen molar-refractivity contribution in [1.82, 2.24) is 4.98 Å². The summed E-state index contributed by atoms with van der Waals surface area (Å²) in [6, 6.07) is 8.72. The van der Waals surface area contributed by atoms with E-state index in [1.54, 1.807) is 32.0 Å². The summed E-state index contributed by atoms with van der Waals surface area (Å²) in [5, 5.41) is 0. The van der Waals surface area contributed by atoms with Crippen LogP contribution in [0.1, 0.15) is 16.7 Å². The number of anilines is 1. The van der Waals surface area contributed by atoms with Gasteiger partial charge < -0.3 is 4.42 Å². The Bertz CT molecular complexity index is 935. The van der Waals surface area contributed by atoms with E-state index < -0.39 is 10.0 Å². The second-order valence-corrected chi connectivity index (χ2v) is 6.99. The molecule has 0 unspecified atom stereocenters. The van der Waals surface area contributed by atoms with Crippen LogP contribution in [-0.4, -0.2) is 13.4 Å². The number of aromatic nitrogens is 1. The summed E-state index contributed by atoms with van der Waals surface area (Å²) in [6.07, 6.45) is 1.33. The van der Waals surface area contributed by atoms with Crippen molar-refractivity contribution in [1.29, 1.82) is 0 Å². The molecule has 0 fully saturated rings. The molecule has 114 valence electrons. The van der Waals surface area contributed by atoms with E-state index in [1.807, 2.05) is 19.1 Å². The van der Waals surface area contributed by atoms with Crippen LogP contribution >= 0.6 is 0 Å². The number of nitrogens with one attached hydrogen (secondary N) is 1. The number of hydrogen-bond donors (Lipinski definition) is 1. The number of rotatable bonds is 3. The molecular formula is C16H16N2O3S. The maximum atomic E-state index is 12.7. The first kappa shape index (κ1) is 14.6. The van der Waals surface area contributed by atoms with Gasteiger partial charge in [-0.3, -0.25) is 4.72 Å². The summed E-state index contributed by atoms with van der Waals surface area (Å²) in [5.74, 6) is 0. The molecule has 0 aliphatic carbocycles. The SMILES string of the molecule is Cc1cc(C)c(S(=O)(=O)Nc2ccc3ocnc3c2)c(C)c1. The second-order valence-electron chi connectivity index (χ2n) is 5.37. The van der Waals surface area contributed by atoms with Gasteiger partial charge in [0, 0.05) is 0 Å². The number of fused-ring (bicyclic) bond motifs is 1. The van der Waals surface area contributed by atoms with Gasteiger partial charge in [-0.05, 0) is 50.1 Å². The summed E-state index contributed by atoms with van der Waals surface area (Å²) in [7, 11) is -3.65. The van der Waals surface area contributed by atoms with Gasteiger partial charge in [0.25, 0.3) is 10.0 Å². The minimum Gasteiger partial charge on any atom is -0.443 e. The molecule has 3 aromatic rings. The van der Waals surface area contributed by atoms with Crippen LogP contribution in [0.25, 0.3) is 11.1 Å². The van der Waals surface area contributed by atoms with Crippen molar-refractivity contribution in [2.45, 2.75) is 25.7 Å². The predicted octanol–water partition coefficient (Wildman–Crippen LogP) is 3.55.